The second-order valence-corrected chi connectivity index (χ2v) is 6.93. The van der Waals surface area contributed by atoms with Crippen molar-refractivity contribution < 1.29 is 37.3 Å². The lowest BCUT2D eigenvalue weighted by Crippen LogP contribution is -1.94. The summed E-state index contributed by atoms with van der Waals surface area (Å²) in [6, 6.07) is 15.4. The van der Waals surface area contributed by atoms with Gasteiger partial charge in [0.15, 0.2) is 11.6 Å². The maximum absolute atomic E-state index is 14.9. The van der Waals surface area contributed by atoms with E-state index in [2.05, 4.69) is 22.6 Å². The third kappa shape index (κ3) is 7.01. The molecule has 3 aromatic carbocycles. The molecule has 0 aliphatic carbocycles. The van der Waals surface area contributed by atoms with Crippen LogP contribution in [0.25, 0.3) is 22.3 Å². The lowest BCUT2D eigenvalue weighted by atomic mass is 9.99. The molecule has 0 aliphatic heterocycles. The average Bonchev–Trinajstić information content (AvgIpc) is 2.89. The normalized spacial score (nSPS) is 10.7. The highest BCUT2D eigenvalue weighted by Crippen LogP contribution is 2.31. The maximum Gasteiger partial charge on any atom is 0.335 e. The average molecular weight is 490 g/mol. The number of ether oxygens (including phenoxy) is 4. The summed E-state index contributed by atoms with van der Waals surface area (Å²) < 4.78 is 49.0. The highest BCUT2D eigenvalue weighted by molar-refractivity contribution is 5.82. The van der Waals surface area contributed by atoms with Gasteiger partial charge in [-0.25, -0.2) is 18.4 Å². The molecule has 0 heterocycles. The molecule has 0 aromatic heterocycles. The molecular formula is C28H20F2O6. The molecule has 0 fully saturated rings. The summed E-state index contributed by atoms with van der Waals surface area (Å²) in [5.41, 5.74) is 1.86. The first kappa shape index (κ1) is 25.6. The van der Waals surface area contributed by atoms with Crippen LogP contribution in [-0.2, 0) is 19.1 Å². The molecule has 0 amide bonds. The Morgan fingerprint density at radius 2 is 1.19 bits per heavy atom. The number of esters is 2. The Balaban J connectivity index is 1.67. The summed E-state index contributed by atoms with van der Waals surface area (Å²) in [5.74, 6) is -2.20. The van der Waals surface area contributed by atoms with Crippen LogP contribution in [0.5, 0.6) is 11.5 Å². The van der Waals surface area contributed by atoms with Crippen LogP contribution < -0.4 is 9.47 Å². The van der Waals surface area contributed by atoms with E-state index in [-0.39, 0.29) is 11.3 Å². The van der Waals surface area contributed by atoms with Gasteiger partial charge in [-0.1, -0.05) is 43.5 Å². The Morgan fingerprint density at radius 3 is 1.78 bits per heavy atom. The van der Waals surface area contributed by atoms with Crippen molar-refractivity contribution >= 4 is 11.9 Å². The molecule has 0 radical (unpaired) electrons. The minimum Gasteiger partial charge on any atom is -0.462 e. The molecule has 182 valence electrons. The number of carbonyl (C=O) groups is 2. The van der Waals surface area contributed by atoms with Crippen LogP contribution in [0, 0.1) is 11.6 Å². The summed E-state index contributed by atoms with van der Waals surface area (Å²) >= 11 is 0. The predicted octanol–water partition coefficient (Wildman–Crippen LogP) is 6.46. The van der Waals surface area contributed by atoms with E-state index in [0.717, 1.165) is 42.6 Å². The maximum atomic E-state index is 14.9. The zero-order chi connectivity index (χ0) is 25.9. The molecule has 3 aromatic rings. The number of halogens is 2. The number of hydrogen-bond acceptors (Lipinski definition) is 6. The van der Waals surface area contributed by atoms with Crippen LogP contribution in [0.4, 0.5) is 8.78 Å². The third-order valence-electron chi connectivity index (χ3n) is 4.61. The zero-order valence-corrected chi connectivity index (χ0v) is 18.9. The second-order valence-electron chi connectivity index (χ2n) is 6.93. The van der Waals surface area contributed by atoms with Crippen molar-refractivity contribution in [2.75, 3.05) is 0 Å². The molecule has 36 heavy (non-hydrogen) atoms. The Hall–Kier alpha value is -4.98. The molecule has 0 unspecified atom stereocenters. The molecular weight excluding hydrogens is 470 g/mol. The molecule has 0 spiro atoms. The molecule has 6 nitrogen and oxygen atoms in total. The van der Waals surface area contributed by atoms with Gasteiger partial charge in [0.25, 0.3) is 0 Å². The number of benzene rings is 3. The first-order valence-corrected chi connectivity index (χ1v) is 10.4. The van der Waals surface area contributed by atoms with Gasteiger partial charge in [-0.05, 0) is 47.0 Å². The van der Waals surface area contributed by atoms with Crippen molar-refractivity contribution in [3.63, 3.8) is 0 Å². The fraction of sp³-hybridized carbons (Fsp3) is 0. The van der Waals surface area contributed by atoms with Gasteiger partial charge in [0.1, 0.15) is 36.6 Å². The first-order valence-electron chi connectivity index (χ1n) is 10.4. The van der Waals surface area contributed by atoms with E-state index in [1.165, 1.54) is 24.5 Å². The van der Waals surface area contributed by atoms with Gasteiger partial charge in [-0.15, -0.1) is 0 Å². The smallest absolute Gasteiger partial charge is 0.335 e. The van der Waals surface area contributed by atoms with Crippen molar-refractivity contribution in [3.8, 4) is 33.8 Å². The van der Waals surface area contributed by atoms with Gasteiger partial charge >= 0.3 is 11.9 Å². The first-order chi connectivity index (χ1) is 17.4. The van der Waals surface area contributed by atoms with Gasteiger partial charge in [-0.3, -0.25) is 0 Å². The van der Waals surface area contributed by atoms with Crippen LogP contribution in [0.1, 0.15) is 0 Å². The minimum absolute atomic E-state index is 0.127. The topological polar surface area (TPSA) is 71.1 Å². The summed E-state index contributed by atoms with van der Waals surface area (Å²) in [6.45, 7) is 6.52. The number of rotatable bonds is 10. The standard InChI is InChI=1S/C28H20F2O6/c1-3-27(31)35-15-13-33-22-9-5-19(6-10-22)20-7-11-23(24(29)17-20)21-8-12-26(25(30)18-21)34-14-16-36-28(32)4-2/h3-18H,1-2H2/b15-13-,16-14-. The quantitative estimate of drug-likeness (QED) is 0.185. The molecule has 3 rings (SSSR count). The van der Waals surface area contributed by atoms with Gasteiger partial charge in [0.2, 0.25) is 0 Å². The fourth-order valence-corrected chi connectivity index (χ4v) is 2.91. The number of hydrogen-bond donors (Lipinski definition) is 0. The van der Waals surface area contributed by atoms with E-state index in [0.29, 0.717) is 16.9 Å². The van der Waals surface area contributed by atoms with Crippen molar-refractivity contribution in [1.29, 1.82) is 0 Å². The Labute approximate surface area is 206 Å². The molecule has 0 saturated carbocycles. The minimum atomic E-state index is -0.723. The van der Waals surface area contributed by atoms with Gasteiger partial charge in [0.05, 0.1) is 0 Å². The van der Waals surface area contributed by atoms with E-state index in [1.807, 2.05) is 0 Å². The SMILES string of the molecule is C=CC(=O)O/C=C\Oc1ccc(-c2ccc(-c3ccc(O/C=C\OC(=O)C=C)c(F)c3)c(F)c2)cc1. The predicted molar refractivity (Wildman–Crippen MR) is 129 cm³/mol. The third-order valence-corrected chi connectivity index (χ3v) is 4.61. The van der Waals surface area contributed by atoms with E-state index < -0.39 is 23.6 Å². The largest absolute Gasteiger partial charge is 0.462 e. The van der Waals surface area contributed by atoms with Crippen molar-refractivity contribution in [1.82, 2.24) is 0 Å². The number of carbonyl (C=O) groups excluding carboxylic acids is 2. The van der Waals surface area contributed by atoms with E-state index in [4.69, 9.17) is 9.47 Å². The lowest BCUT2D eigenvalue weighted by Gasteiger charge is -2.09. The van der Waals surface area contributed by atoms with Crippen LogP contribution in [0.3, 0.4) is 0 Å². The van der Waals surface area contributed by atoms with Gasteiger partial charge in [-0.2, -0.15) is 0 Å². The van der Waals surface area contributed by atoms with Crippen LogP contribution >= 0.6 is 0 Å². The van der Waals surface area contributed by atoms with Crippen LogP contribution in [-0.4, -0.2) is 11.9 Å². The molecule has 0 atom stereocenters. The fourth-order valence-electron chi connectivity index (χ4n) is 2.91. The second kappa shape index (κ2) is 12.5. The summed E-state index contributed by atoms with van der Waals surface area (Å²) in [4.78, 5) is 21.9. The van der Waals surface area contributed by atoms with Crippen LogP contribution in [0.15, 0.2) is 111 Å². The van der Waals surface area contributed by atoms with E-state index in [1.54, 1.807) is 36.4 Å². The summed E-state index contributed by atoms with van der Waals surface area (Å²) in [5, 5.41) is 0. The molecule has 0 bridgehead atoms. The van der Waals surface area contributed by atoms with Crippen molar-refractivity contribution in [2.45, 2.75) is 0 Å². The Morgan fingerprint density at radius 1 is 0.639 bits per heavy atom. The lowest BCUT2D eigenvalue weighted by molar-refractivity contribution is -0.133. The Bertz CT molecular complexity index is 1330. The summed E-state index contributed by atoms with van der Waals surface area (Å²) in [6.07, 6.45) is 6.23. The van der Waals surface area contributed by atoms with Crippen molar-refractivity contribution in [2.24, 2.45) is 0 Å². The van der Waals surface area contributed by atoms with Gasteiger partial charge < -0.3 is 18.9 Å². The van der Waals surface area contributed by atoms with E-state index in [9.17, 15) is 18.4 Å². The molecule has 8 heteroatoms. The highest BCUT2D eigenvalue weighted by Gasteiger charge is 2.11. The van der Waals surface area contributed by atoms with Crippen LogP contribution in [0.2, 0.25) is 0 Å². The molecule has 0 saturated heterocycles. The monoisotopic (exact) mass is 490 g/mol. The summed E-state index contributed by atoms with van der Waals surface area (Å²) in [7, 11) is 0. The molecule has 0 aliphatic rings. The van der Waals surface area contributed by atoms with E-state index >= 15 is 0 Å². The van der Waals surface area contributed by atoms with Gasteiger partial charge in [0, 0.05) is 17.7 Å². The Kier molecular flexibility index (Phi) is 8.88. The highest BCUT2D eigenvalue weighted by atomic mass is 19.1. The molecule has 0 N–H and O–H groups in total. The van der Waals surface area contributed by atoms with Crippen molar-refractivity contribution in [3.05, 3.63) is 123 Å². The zero-order valence-electron chi connectivity index (χ0n) is 18.9.